The quantitative estimate of drug-likeness (QED) is 0.339. The number of halogens is 2. The molecule has 0 saturated heterocycles. The van der Waals surface area contributed by atoms with Crippen LogP contribution in [0, 0.1) is 5.82 Å². The Hall–Kier alpha value is -2.88. The first-order chi connectivity index (χ1) is 14.9. The van der Waals surface area contributed by atoms with E-state index in [1.165, 1.54) is 53.4 Å². The lowest BCUT2D eigenvalue weighted by atomic mass is 10.2. The molecule has 1 heterocycles. The van der Waals surface area contributed by atoms with Crippen molar-refractivity contribution < 1.29 is 18.8 Å². The molecule has 0 fully saturated rings. The summed E-state index contributed by atoms with van der Waals surface area (Å²) in [6, 6.07) is 13.8. The summed E-state index contributed by atoms with van der Waals surface area (Å²) in [5.41, 5.74) is 5.18. The van der Waals surface area contributed by atoms with Crippen molar-refractivity contribution in [3.63, 3.8) is 0 Å². The summed E-state index contributed by atoms with van der Waals surface area (Å²) >= 11 is 8.80. The van der Waals surface area contributed by atoms with E-state index >= 15 is 0 Å². The second-order valence-corrected chi connectivity index (χ2v) is 8.70. The molecule has 3 rings (SSSR count). The number of thiophene rings is 1. The predicted octanol–water partition coefficient (Wildman–Crippen LogP) is 4.74. The van der Waals surface area contributed by atoms with Gasteiger partial charge in [0.15, 0.2) is 0 Å². The van der Waals surface area contributed by atoms with Crippen molar-refractivity contribution >= 4 is 58.1 Å². The smallest absolute Gasteiger partial charge is 0.269 e. The molecule has 0 bridgehead atoms. The number of amides is 3. The molecule has 1 aromatic heterocycles. The molecule has 3 N–H and O–H groups in total. The molecule has 0 aliphatic rings. The lowest BCUT2D eigenvalue weighted by Crippen LogP contribution is -2.41. The zero-order valence-corrected chi connectivity index (χ0v) is 18.4. The highest BCUT2D eigenvalue weighted by molar-refractivity contribution is 7.99. The van der Waals surface area contributed by atoms with Crippen molar-refractivity contribution in [2.45, 2.75) is 11.3 Å². The first-order valence-electron chi connectivity index (χ1n) is 9.04. The maximum Gasteiger partial charge on any atom is 0.269 e. The zero-order valence-electron chi connectivity index (χ0n) is 16.0. The Labute approximate surface area is 191 Å². The second kappa shape index (κ2) is 10.9. The molecule has 3 amide bonds. The van der Waals surface area contributed by atoms with Gasteiger partial charge in [-0.15, -0.1) is 23.1 Å². The molecule has 2 aromatic carbocycles. The standard InChI is InChI=1S/C21H17ClFN3O3S2/c22-16-8-3-13(12-17(16)24-21(29)18-2-1-10-31-18)20(28)26-25-19(27)9-11-30-15-6-4-14(23)5-7-15/h1-8,10,12H,9,11H2,(H,24,29)(H,25,27)(H,26,28). The third-order valence-electron chi connectivity index (χ3n) is 3.95. The molecular formula is C21H17ClFN3O3S2. The van der Waals surface area contributed by atoms with Crippen molar-refractivity contribution in [1.29, 1.82) is 0 Å². The van der Waals surface area contributed by atoms with Gasteiger partial charge in [0.25, 0.3) is 11.8 Å². The van der Waals surface area contributed by atoms with Crippen LogP contribution in [0.3, 0.4) is 0 Å². The van der Waals surface area contributed by atoms with E-state index in [1.807, 2.05) is 0 Å². The van der Waals surface area contributed by atoms with E-state index < -0.39 is 5.91 Å². The molecule has 3 aromatic rings. The third kappa shape index (κ3) is 6.81. The number of hydrazine groups is 1. The topological polar surface area (TPSA) is 87.3 Å². The molecule has 6 nitrogen and oxygen atoms in total. The largest absolute Gasteiger partial charge is 0.320 e. The van der Waals surface area contributed by atoms with Crippen LogP contribution < -0.4 is 16.2 Å². The molecule has 10 heteroatoms. The van der Waals surface area contributed by atoms with Gasteiger partial charge in [-0.2, -0.15) is 0 Å². The van der Waals surface area contributed by atoms with Crippen LogP contribution in [0.15, 0.2) is 64.9 Å². The van der Waals surface area contributed by atoms with Gasteiger partial charge in [-0.25, -0.2) is 4.39 Å². The Morgan fingerprint density at radius 2 is 1.77 bits per heavy atom. The van der Waals surface area contributed by atoms with Gasteiger partial charge in [0.05, 0.1) is 15.6 Å². The summed E-state index contributed by atoms with van der Waals surface area (Å²) in [6.07, 6.45) is 0.158. The van der Waals surface area contributed by atoms with Crippen LogP contribution in [-0.4, -0.2) is 23.5 Å². The summed E-state index contributed by atoms with van der Waals surface area (Å²) < 4.78 is 12.9. The van der Waals surface area contributed by atoms with Crippen LogP contribution in [0.5, 0.6) is 0 Å². The van der Waals surface area contributed by atoms with Crippen molar-refractivity contribution in [2.75, 3.05) is 11.1 Å². The van der Waals surface area contributed by atoms with E-state index in [0.29, 0.717) is 10.6 Å². The van der Waals surface area contributed by atoms with Crippen LogP contribution in [0.1, 0.15) is 26.5 Å². The first-order valence-corrected chi connectivity index (χ1v) is 11.3. The van der Waals surface area contributed by atoms with Crippen LogP contribution in [-0.2, 0) is 4.79 Å². The highest BCUT2D eigenvalue weighted by atomic mass is 35.5. The van der Waals surface area contributed by atoms with Gasteiger partial charge in [0.2, 0.25) is 5.91 Å². The van der Waals surface area contributed by atoms with Crippen molar-refractivity contribution in [3.05, 3.63) is 81.3 Å². The lowest BCUT2D eigenvalue weighted by Gasteiger charge is -2.10. The molecule has 0 saturated carbocycles. The maximum atomic E-state index is 12.9. The van der Waals surface area contributed by atoms with Crippen LogP contribution in [0.2, 0.25) is 5.02 Å². The van der Waals surface area contributed by atoms with Gasteiger partial charge in [0, 0.05) is 22.6 Å². The van der Waals surface area contributed by atoms with E-state index in [4.69, 9.17) is 11.6 Å². The molecule has 0 aliphatic carbocycles. The Kier molecular flexibility index (Phi) is 8.05. The number of carbonyl (C=O) groups is 3. The van der Waals surface area contributed by atoms with E-state index in [9.17, 15) is 18.8 Å². The number of carbonyl (C=O) groups excluding carboxylic acids is 3. The molecular weight excluding hydrogens is 461 g/mol. The average Bonchev–Trinajstić information content (AvgIpc) is 3.30. The molecule has 0 spiro atoms. The van der Waals surface area contributed by atoms with E-state index in [-0.39, 0.29) is 40.3 Å². The number of hydrogen-bond acceptors (Lipinski definition) is 5. The summed E-state index contributed by atoms with van der Waals surface area (Å²) in [5.74, 6) is -1.11. The SMILES string of the molecule is O=C(CCSc1ccc(F)cc1)NNC(=O)c1ccc(Cl)c(NC(=O)c2cccs2)c1. The average molecular weight is 478 g/mol. The molecule has 0 unspecified atom stereocenters. The summed E-state index contributed by atoms with van der Waals surface area (Å²) in [4.78, 5) is 37.8. The Balaban J connectivity index is 1.48. The van der Waals surface area contributed by atoms with Crippen LogP contribution >= 0.6 is 34.7 Å². The minimum atomic E-state index is -0.553. The number of thioether (sulfide) groups is 1. The molecule has 0 atom stereocenters. The number of hydrogen-bond donors (Lipinski definition) is 3. The van der Waals surface area contributed by atoms with Gasteiger partial charge in [0.1, 0.15) is 5.82 Å². The van der Waals surface area contributed by atoms with Crippen molar-refractivity contribution in [1.82, 2.24) is 10.9 Å². The molecule has 0 aliphatic heterocycles. The minimum absolute atomic E-state index is 0.158. The van der Waals surface area contributed by atoms with Crippen LogP contribution in [0.4, 0.5) is 10.1 Å². The minimum Gasteiger partial charge on any atom is -0.320 e. The predicted molar refractivity (Wildman–Crippen MR) is 121 cm³/mol. The number of anilines is 1. The van der Waals surface area contributed by atoms with Crippen molar-refractivity contribution in [3.8, 4) is 0 Å². The van der Waals surface area contributed by atoms with Crippen molar-refractivity contribution in [2.24, 2.45) is 0 Å². The second-order valence-electron chi connectivity index (χ2n) is 6.18. The van der Waals surface area contributed by atoms with Gasteiger partial charge in [-0.3, -0.25) is 25.2 Å². The van der Waals surface area contributed by atoms with Crippen LogP contribution in [0.25, 0.3) is 0 Å². The normalized spacial score (nSPS) is 10.4. The summed E-state index contributed by atoms with van der Waals surface area (Å²) in [5, 5.41) is 4.73. The Bertz CT molecular complexity index is 1080. The molecule has 160 valence electrons. The summed E-state index contributed by atoms with van der Waals surface area (Å²) in [6.45, 7) is 0. The zero-order chi connectivity index (χ0) is 22.2. The van der Waals surface area contributed by atoms with Gasteiger partial charge >= 0.3 is 0 Å². The van der Waals surface area contributed by atoms with Gasteiger partial charge in [-0.1, -0.05) is 17.7 Å². The molecule has 31 heavy (non-hydrogen) atoms. The first kappa shape index (κ1) is 22.8. The Morgan fingerprint density at radius 1 is 1.00 bits per heavy atom. The van der Waals surface area contributed by atoms with Gasteiger partial charge < -0.3 is 5.32 Å². The van der Waals surface area contributed by atoms with E-state index in [0.717, 1.165) is 4.90 Å². The highest BCUT2D eigenvalue weighted by Gasteiger charge is 2.13. The van der Waals surface area contributed by atoms with E-state index in [1.54, 1.807) is 29.6 Å². The Morgan fingerprint density at radius 3 is 2.48 bits per heavy atom. The molecule has 0 radical (unpaired) electrons. The van der Waals surface area contributed by atoms with E-state index in [2.05, 4.69) is 16.2 Å². The number of benzene rings is 2. The fourth-order valence-electron chi connectivity index (χ4n) is 2.41. The summed E-state index contributed by atoms with van der Waals surface area (Å²) in [7, 11) is 0. The third-order valence-corrected chi connectivity index (χ3v) is 6.16. The fourth-order valence-corrected chi connectivity index (χ4v) is 4.04. The maximum absolute atomic E-state index is 12.9. The van der Waals surface area contributed by atoms with Gasteiger partial charge in [-0.05, 0) is 53.9 Å². The highest BCUT2D eigenvalue weighted by Crippen LogP contribution is 2.24. The number of rotatable bonds is 7. The lowest BCUT2D eigenvalue weighted by molar-refractivity contribution is -0.121. The fraction of sp³-hybridized carbons (Fsp3) is 0.0952. The number of nitrogens with one attached hydrogen (secondary N) is 3. The monoisotopic (exact) mass is 477 g/mol.